The minimum atomic E-state index is 0.0844. The molecule has 0 saturated carbocycles. The van der Waals surface area contributed by atoms with Crippen LogP contribution < -0.4 is 5.46 Å². The van der Waals surface area contributed by atoms with E-state index in [0.29, 0.717) is 5.95 Å². The van der Waals surface area contributed by atoms with Gasteiger partial charge in [-0.2, -0.15) is 0 Å². The van der Waals surface area contributed by atoms with Gasteiger partial charge in [-0.15, -0.1) is 0 Å². The summed E-state index contributed by atoms with van der Waals surface area (Å²) >= 11 is 0. The fourth-order valence-electron chi connectivity index (χ4n) is 1.69. The average Bonchev–Trinajstić information content (AvgIpc) is 2.29. The molecule has 70 valence electrons. The van der Waals surface area contributed by atoms with Crippen LogP contribution in [0.1, 0.15) is 8.29 Å². The highest BCUT2D eigenvalue weighted by Crippen LogP contribution is 2.04. The van der Waals surface area contributed by atoms with Crippen molar-refractivity contribution < 1.29 is 1.37 Å². The Morgan fingerprint density at radius 1 is 1.29 bits per heavy atom. The van der Waals surface area contributed by atoms with Crippen molar-refractivity contribution >= 4 is 12.3 Å². The zero-order valence-corrected chi connectivity index (χ0v) is 8.35. The molecule has 1 aliphatic heterocycles. The molecule has 0 amide bonds. The highest BCUT2D eigenvalue weighted by molar-refractivity contribution is 6.75. The van der Waals surface area contributed by atoms with Crippen LogP contribution in [-0.4, -0.2) is 18.2 Å². The van der Waals surface area contributed by atoms with Crippen LogP contribution in [0.4, 0.5) is 0 Å². The van der Waals surface area contributed by atoms with Crippen molar-refractivity contribution in [1.82, 2.24) is 4.81 Å². The first kappa shape index (κ1) is 7.92. The lowest BCUT2D eigenvalue weighted by atomic mass is 9.53. The maximum atomic E-state index is 7.97. The molecule has 0 saturated heterocycles. The molecular formula is C12H14BN. The van der Waals surface area contributed by atoms with E-state index in [9.17, 15) is 0 Å². The molecule has 0 aliphatic carbocycles. The molecule has 1 heterocycles. The van der Waals surface area contributed by atoms with E-state index < -0.39 is 0 Å². The van der Waals surface area contributed by atoms with Gasteiger partial charge in [0, 0.05) is 7.92 Å². The lowest BCUT2D eigenvalue weighted by Crippen LogP contribution is -2.44. The molecule has 0 spiro atoms. The fourth-order valence-corrected chi connectivity index (χ4v) is 1.69. The van der Waals surface area contributed by atoms with E-state index in [0.717, 1.165) is 6.54 Å². The second-order valence-corrected chi connectivity index (χ2v) is 3.32. The van der Waals surface area contributed by atoms with Crippen LogP contribution in [0.15, 0.2) is 54.6 Å². The van der Waals surface area contributed by atoms with Gasteiger partial charge in [-0.05, 0) is 19.2 Å². The Balaban J connectivity index is 2.34. The standard InChI is InChI=1S/C12H14BN/c1-2-14-11-7-6-10-13(14)12-8-4-3-5-9-12/h3-11H,2H2,1H3/i10D. The molecule has 0 radical (unpaired) electrons. The van der Waals surface area contributed by atoms with Gasteiger partial charge in [0.2, 0.25) is 0 Å². The van der Waals surface area contributed by atoms with Gasteiger partial charge in [-0.1, -0.05) is 47.8 Å². The van der Waals surface area contributed by atoms with Gasteiger partial charge >= 0.3 is 6.85 Å². The highest BCUT2D eigenvalue weighted by Gasteiger charge is 2.19. The first-order chi connectivity index (χ1) is 7.33. The minimum Gasteiger partial charge on any atom is -0.413 e. The predicted octanol–water partition coefficient (Wildman–Crippen LogP) is 1.83. The Kier molecular flexibility index (Phi) is 2.37. The lowest BCUT2D eigenvalue weighted by Gasteiger charge is -2.26. The molecule has 1 aromatic carbocycles. The van der Waals surface area contributed by atoms with Gasteiger partial charge in [0.1, 0.15) is 0 Å². The lowest BCUT2D eigenvalue weighted by molar-refractivity contribution is 0.617. The number of nitrogens with zero attached hydrogens (tertiary/aromatic N) is 1. The summed E-state index contributed by atoms with van der Waals surface area (Å²) in [4.78, 5) is 2.18. The smallest absolute Gasteiger partial charge is 0.315 e. The van der Waals surface area contributed by atoms with Crippen LogP contribution in [-0.2, 0) is 0 Å². The molecule has 2 rings (SSSR count). The second-order valence-electron chi connectivity index (χ2n) is 3.32. The van der Waals surface area contributed by atoms with Crippen molar-refractivity contribution in [3.8, 4) is 0 Å². The zero-order valence-electron chi connectivity index (χ0n) is 9.35. The summed E-state index contributed by atoms with van der Waals surface area (Å²) in [6.07, 6.45) is 5.85. The Bertz CT molecular complexity index is 386. The third kappa shape index (κ3) is 1.74. The monoisotopic (exact) mass is 184 g/mol. The Morgan fingerprint density at radius 3 is 2.79 bits per heavy atom. The van der Waals surface area contributed by atoms with E-state index in [1.165, 1.54) is 5.46 Å². The largest absolute Gasteiger partial charge is 0.413 e. The van der Waals surface area contributed by atoms with Gasteiger partial charge in [0.15, 0.2) is 0 Å². The van der Waals surface area contributed by atoms with Crippen molar-refractivity contribution in [2.75, 3.05) is 6.54 Å². The minimum absolute atomic E-state index is 0.0844. The SMILES string of the molecule is [2H]C1=CC=CN(CC)B1c1ccccc1. The van der Waals surface area contributed by atoms with Crippen LogP contribution in [0.2, 0.25) is 0 Å². The summed E-state index contributed by atoms with van der Waals surface area (Å²) in [5, 5.41) is 0. The van der Waals surface area contributed by atoms with Crippen molar-refractivity contribution in [1.29, 1.82) is 0 Å². The van der Waals surface area contributed by atoms with E-state index in [1.807, 2.05) is 30.4 Å². The van der Waals surface area contributed by atoms with E-state index in [2.05, 4.69) is 30.1 Å². The number of hydrogen-bond acceptors (Lipinski definition) is 1. The molecular weight excluding hydrogens is 169 g/mol. The van der Waals surface area contributed by atoms with Crippen molar-refractivity contribution in [3.63, 3.8) is 0 Å². The highest BCUT2D eigenvalue weighted by atomic mass is 15.0. The zero-order chi connectivity index (χ0) is 10.7. The van der Waals surface area contributed by atoms with Gasteiger partial charge in [0.25, 0.3) is 0 Å². The Morgan fingerprint density at radius 2 is 2.07 bits per heavy atom. The first-order valence-corrected chi connectivity index (χ1v) is 4.98. The summed E-state index contributed by atoms with van der Waals surface area (Å²) < 4.78 is 7.97. The summed E-state index contributed by atoms with van der Waals surface area (Å²) in [5.41, 5.74) is 1.19. The van der Waals surface area contributed by atoms with Gasteiger partial charge in [0.05, 0.1) is 0 Å². The summed E-state index contributed by atoms with van der Waals surface area (Å²) in [6.45, 7) is 3.12. The van der Waals surface area contributed by atoms with Crippen LogP contribution in [0, 0.1) is 0 Å². The molecule has 0 aromatic heterocycles. The van der Waals surface area contributed by atoms with E-state index in [4.69, 9.17) is 1.37 Å². The first-order valence-electron chi connectivity index (χ1n) is 5.48. The Hall–Kier alpha value is -1.44. The number of benzene rings is 1. The summed E-state index contributed by atoms with van der Waals surface area (Å²) in [7, 11) is 0. The third-order valence-corrected chi connectivity index (χ3v) is 2.44. The molecule has 1 nitrogen and oxygen atoms in total. The predicted molar refractivity (Wildman–Crippen MR) is 62.5 cm³/mol. The van der Waals surface area contributed by atoms with Crippen LogP contribution >= 0.6 is 0 Å². The normalized spacial score (nSPS) is 16.6. The molecule has 2 heteroatoms. The molecule has 14 heavy (non-hydrogen) atoms. The van der Waals surface area contributed by atoms with Gasteiger partial charge in [-0.3, -0.25) is 0 Å². The number of hydrogen-bond donors (Lipinski definition) is 0. The van der Waals surface area contributed by atoms with Crippen LogP contribution in [0.25, 0.3) is 0 Å². The van der Waals surface area contributed by atoms with E-state index in [1.54, 1.807) is 0 Å². The number of rotatable bonds is 2. The molecule has 0 atom stereocenters. The van der Waals surface area contributed by atoms with Crippen LogP contribution in [0.3, 0.4) is 0 Å². The molecule has 0 unspecified atom stereocenters. The molecule has 0 fully saturated rings. The summed E-state index contributed by atoms with van der Waals surface area (Å²) in [5.74, 6) is 0.658. The van der Waals surface area contributed by atoms with Gasteiger partial charge in [-0.25, -0.2) is 0 Å². The fraction of sp³-hybridized carbons (Fsp3) is 0.167. The van der Waals surface area contributed by atoms with Crippen molar-refractivity contribution in [2.45, 2.75) is 6.92 Å². The average molecular weight is 184 g/mol. The quantitative estimate of drug-likeness (QED) is 0.633. The van der Waals surface area contributed by atoms with Crippen molar-refractivity contribution in [3.05, 3.63) is 54.6 Å². The van der Waals surface area contributed by atoms with Gasteiger partial charge < -0.3 is 4.81 Å². The van der Waals surface area contributed by atoms with Crippen LogP contribution in [0.5, 0.6) is 0 Å². The molecule has 0 N–H and O–H groups in total. The second kappa shape index (κ2) is 4.18. The van der Waals surface area contributed by atoms with E-state index in [-0.39, 0.29) is 6.85 Å². The molecule has 1 aromatic rings. The molecule has 0 bridgehead atoms. The van der Waals surface area contributed by atoms with E-state index >= 15 is 0 Å². The summed E-state index contributed by atoms with van der Waals surface area (Å²) in [6, 6.07) is 10.2. The third-order valence-electron chi connectivity index (χ3n) is 2.44. The maximum Gasteiger partial charge on any atom is 0.315 e. The van der Waals surface area contributed by atoms with Crippen molar-refractivity contribution in [2.24, 2.45) is 0 Å². The maximum absolute atomic E-state index is 7.97. The Labute approximate surface area is 87.2 Å². The number of allylic oxidation sites excluding steroid dienone is 2. The topological polar surface area (TPSA) is 3.24 Å². The molecule has 1 aliphatic rings.